The lowest BCUT2D eigenvalue weighted by atomic mass is 9.78. The summed E-state index contributed by atoms with van der Waals surface area (Å²) >= 11 is 2.34. The van der Waals surface area contributed by atoms with E-state index in [2.05, 4.69) is 22.6 Å². The van der Waals surface area contributed by atoms with Gasteiger partial charge in [-0.25, -0.2) is 4.79 Å². The zero-order valence-electron chi connectivity index (χ0n) is 45.3. The number of cyclic esters (lactones) is 1. The molecule has 0 aromatic rings. The van der Waals surface area contributed by atoms with Gasteiger partial charge in [-0.15, -0.1) is 0 Å². The van der Waals surface area contributed by atoms with Gasteiger partial charge in [0.05, 0.1) is 24.4 Å². The van der Waals surface area contributed by atoms with E-state index in [1.54, 1.807) is 34.0 Å². The van der Waals surface area contributed by atoms with Crippen molar-refractivity contribution in [3.8, 4) is 0 Å². The van der Waals surface area contributed by atoms with Crippen LogP contribution in [0, 0.1) is 35.5 Å². The highest BCUT2D eigenvalue weighted by molar-refractivity contribution is 14.1. The number of amides is 1. The van der Waals surface area contributed by atoms with Crippen LogP contribution in [0.25, 0.3) is 0 Å². The van der Waals surface area contributed by atoms with E-state index in [0.29, 0.717) is 70.2 Å². The zero-order valence-corrected chi connectivity index (χ0v) is 47.5. The molecule has 4 aliphatic rings. The summed E-state index contributed by atoms with van der Waals surface area (Å²) in [6.07, 6.45) is 14.6. The van der Waals surface area contributed by atoms with Gasteiger partial charge in [0.15, 0.2) is 5.78 Å². The van der Waals surface area contributed by atoms with Crippen LogP contribution in [0.3, 0.4) is 0 Å². The monoisotopic (exact) mass is 1140 g/mol. The van der Waals surface area contributed by atoms with Crippen LogP contribution >= 0.6 is 22.6 Å². The number of hydrogen-bond donors (Lipinski definition) is 3. The molecule has 0 radical (unpaired) electrons. The van der Waals surface area contributed by atoms with Crippen molar-refractivity contribution in [2.24, 2.45) is 35.5 Å². The number of rotatable bonds is 14. The van der Waals surface area contributed by atoms with Crippen molar-refractivity contribution in [3.63, 3.8) is 0 Å². The van der Waals surface area contributed by atoms with Crippen LogP contribution in [0.5, 0.6) is 0 Å². The van der Waals surface area contributed by atoms with E-state index >= 15 is 0 Å². The Morgan fingerprint density at radius 3 is 2.29 bits per heavy atom. The second-order valence-corrected chi connectivity index (χ2v) is 22.6. The molecule has 3 aliphatic heterocycles. The van der Waals surface area contributed by atoms with Crippen molar-refractivity contribution >= 4 is 51.8 Å². The number of carbonyl (C=O) groups is 5. The van der Waals surface area contributed by atoms with E-state index in [-0.39, 0.29) is 73.9 Å². The summed E-state index contributed by atoms with van der Waals surface area (Å²) in [5.41, 5.74) is 1.26. The lowest BCUT2D eigenvalue weighted by Gasteiger charge is -2.43. The summed E-state index contributed by atoms with van der Waals surface area (Å²) in [6, 6.07) is -1.15. The van der Waals surface area contributed by atoms with Gasteiger partial charge in [0, 0.05) is 75.6 Å². The maximum absolute atomic E-state index is 14.6. The lowest BCUT2D eigenvalue weighted by Crippen LogP contribution is -2.61. The molecule has 3 fully saturated rings. The van der Waals surface area contributed by atoms with E-state index in [4.69, 9.17) is 28.4 Å². The number of hydrogen-bond acceptors (Lipinski definition) is 14. The summed E-state index contributed by atoms with van der Waals surface area (Å²) in [5.74, 6) is -7.92. The Labute approximate surface area is 449 Å². The molecule has 1 saturated carbocycles. The quantitative estimate of drug-likeness (QED) is 0.0375. The third-order valence-electron chi connectivity index (χ3n) is 15.7. The van der Waals surface area contributed by atoms with Crippen molar-refractivity contribution in [2.75, 3.05) is 45.0 Å². The normalized spacial score (nSPS) is 37.3. The Morgan fingerprint density at radius 1 is 0.849 bits per heavy atom. The number of piperidine rings is 1. The van der Waals surface area contributed by atoms with E-state index in [1.807, 2.05) is 58.1 Å². The average Bonchev–Trinajstić information content (AvgIpc) is 3.37. The molecule has 73 heavy (non-hydrogen) atoms. The van der Waals surface area contributed by atoms with Gasteiger partial charge in [-0.1, -0.05) is 93.7 Å². The van der Waals surface area contributed by atoms with Crippen molar-refractivity contribution in [1.82, 2.24) is 4.90 Å². The second-order valence-electron chi connectivity index (χ2n) is 21.5. The predicted octanol–water partition coefficient (Wildman–Crippen LogP) is 8.17. The number of nitrogens with zero attached hydrogens (tertiary/aromatic N) is 1. The molecule has 15 atom stereocenters. The minimum Gasteiger partial charge on any atom is -0.460 e. The molecule has 1 amide bonds. The van der Waals surface area contributed by atoms with Crippen LogP contribution in [0.2, 0.25) is 0 Å². The van der Waals surface area contributed by atoms with Crippen molar-refractivity contribution in [2.45, 2.75) is 199 Å². The van der Waals surface area contributed by atoms with Crippen LogP contribution in [0.15, 0.2) is 47.6 Å². The molecule has 0 aromatic carbocycles. The number of alkyl halides is 1. The molecule has 16 heteroatoms. The number of ketones is 3. The number of methoxy groups -OCH3 is 2. The van der Waals surface area contributed by atoms with Gasteiger partial charge < -0.3 is 48.6 Å². The summed E-state index contributed by atoms with van der Waals surface area (Å²) < 4.78 is 37.7. The third kappa shape index (κ3) is 18.5. The molecule has 2 saturated heterocycles. The summed E-state index contributed by atoms with van der Waals surface area (Å²) in [5, 5.41) is 33.1. The van der Waals surface area contributed by atoms with Crippen LogP contribution in [-0.2, 0) is 52.4 Å². The van der Waals surface area contributed by atoms with Crippen LogP contribution in [0.1, 0.15) is 145 Å². The Bertz CT molecular complexity index is 1900. The highest BCUT2D eigenvalue weighted by Crippen LogP contribution is 2.38. The molecule has 2 bridgehead atoms. The van der Waals surface area contributed by atoms with Gasteiger partial charge in [-0.2, -0.15) is 0 Å². The first-order valence-electron chi connectivity index (χ1n) is 27.2. The molecular weight excluding hydrogens is 1050 g/mol. The van der Waals surface area contributed by atoms with E-state index in [0.717, 1.165) is 35.7 Å². The Morgan fingerprint density at radius 2 is 1.59 bits per heavy atom. The fourth-order valence-electron chi connectivity index (χ4n) is 10.9. The third-order valence-corrected chi connectivity index (χ3v) is 16.4. The smallest absolute Gasteiger partial charge is 0.329 e. The first-order chi connectivity index (χ1) is 34.8. The number of allylic oxidation sites excluding steroid dienone is 6. The molecule has 414 valence electrons. The molecule has 1 aliphatic carbocycles. The Balaban J connectivity index is 1.71. The molecule has 1 unspecified atom stereocenters. The van der Waals surface area contributed by atoms with Crippen LogP contribution in [-0.4, -0.2) is 149 Å². The standard InChI is InChI=1S/C57H90INO14/c1-36-18-11-10-12-19-37(2)48(71-28-16-15-27-60)34-44-23-21-42(7)57(67,73-44)54(64)55(65)59-26-14-13-20-45(59)56(66)72-49(39(4)32-43-22-24-47(50(33-43)68-8)70-29-17-25-58)35-46(61)38(3)31-41(6)52(63)53(69-9)51(62)40(5)30-36/h10-12,18-19,31,36,38-40,42-45,47-50,52-53,60,63,67H,13-17,20-30,32-35H2,1-9H3/b12-10+,18-11+,37-19+,41-31+/t36-,38-,39?,40-,42-,43+,44+,45+,47-,48-,49+,50-,52-,53+,57-/m1/s1. The van der Waals surface area contributed by atoms with Gasteiger partial charge in [0.1, 0.15) is 30.1 Å². The fraction of sp³-hybridized carbons (Fsp3) is 0.772. The number of aliphatic hydroxyl groups is 3. The number of halogens is 1. The number of esters is 1. The van der Waals surface area contributed by atoms with Gasteiger partial charge in [-0.3, -0.25) is 19.2 Å². The fourth-order valence-corrected chi connectivity index (χ4v) is 11.2. The van der Waals surface area contributed by atoms with E-state index in [1.165, 1.54) is 12.0 Å². The van der Waals surface area contributed by atoms with Crippen molar-refractivity contribution in [1.29, 1.82) is 0 Å². The van der Waals surface area contributed by atoms with Gasteiger partial charge in [0.25, 0.3) is 11.7 Å². The largest absolute Gasteiger partial charge is 0.460 e. The van der Waals surface area contributed by atoms with Crippen molar-refractivity contribution in [3.05, 3.63) is 47.6 Å². The number of fused-ring (bicyclic) bond motifs is 3. The summed E-state index contributed by atoms with van der Waals surface area (Å²) in [6.45, 7) is 13.9. The lowest BCUT2D eigenvalue weighted by molar-refractivity contribution is -0.266. The van der Waals surface area contributed by atoms with Gasteiger partial charge in [0.2, 0.25) is 5.79 Å². The predicted molar refractivity (Wildman–Crippen MR) is 288 cm³/mol. The van der Waals surface area contributed by atoms with Gasteiger partial charge >= 0.3 is 5.97 Å². The number of aliphatic hydroxyl groups excluding tert-OH is 2. The second kappa shape index (κ2) is 31.5. The van der Waals surface area contributed by atoms with E-state index < -0.39 is 77.8 Å². The van der Waals surface area contributed by atoms with Crippen molar-refractivity contribution < 1.29 is 67.7 Å². The molecule has 0 spiro atoms. The Hall–Kier alpha value is -2.68. The maximum atomic E-state index is 14.6. The molecule has 3 heterocycles. The molecule has 0 aromatic heterocycles. The molecule has 4 rings (SSSR count). The first kappa shape index (κ1) is 62.9. The highest BCUT2D eigenvalue weighted by Gasteiger charge is 2.53. The maximum Gasteiger partial charge on any atom is 0.329 e. The van der Waals surface area contributed by atoms with Gasteiger partial charge in [-0.05, 0) is 126 Å². The van der Waals surface area contributed by atoms with Crippen LogP contribution < -0.4 is 0 Å². The van der Waals surface area contributed by atoms with Crippen LogP contribution in [0.4, 0.5) is 0 Å². The number of Topliss-reactive ketones (excluding diaryl/α,β-unsaturated/α-hetero) is 3. The number of unbranched alkanes of at least 4 members (excludes halogenated alkanes) is 1. The zero-order chi connectivity index (χ0) is 53.8. The molecule has 3 N–H and O–H groups in total. The molecule has 15 nitrogen and oxygen atoms in total. The topological polar surface area (TPSA) is 205 Å². The average molecular weight is 1140 g/mol. The minimum atomic E-state index is -2.46. The highest BCUT2D eigenvalue weighted by atomic mass is 127. The molecular formula is C57H90INO14. The summed E-state index contributed by atoms with van der Waals surface area (Å²) in [4.78, 5) is 72.8. The first-order valence-corrected chi connectivity index (χ1v) is 28.7. The number of carbonyl (C=O) groups excluding carboxylic acids is 5. The number of ether oxygens (including phenoxy) is 6. The minimum absolute atomic E-state index is 0.00128. The summed E-state index contributed by atoms with van der Waals surface area (Å²) in [7, 11) is 3.08. The Kier molecular flexibility index (Phi) is 27.1. The SMILES string of the molecule is CO[C@@H]1C[C@H](CC(C)[C@@H]2CC(=O)[C@H](C)/C=C(\C)[C@@H](O)[C@@H](OC)C(=O)[C@H](C)C[C@H](C)/C=C/C=C/C=C(\C)[C@H](OCCCCO)C[C@@H]3CC[C@@H](C)[C@@](O)(O3)C(=O)C(=O)N3CCCC[C@H]3C(=O)O2)CC[C@H]1OCCCI. The van der Waals surface area contributed by atoms with E-state index in [9.17, 15) is 39.3 Å².